The van der Waals surface area contributed by atoms with E-state index in [0.717, 1.165) is 16.0 Å². The van der Waals surface area contributed by atoms with Crippen LogP contribution in [0.15, 0.2) is 46.2 Å². The molecule has 0 amide bonds. The van der Waals surface area contributed by atoms with Gasteiger partial charge in [0, 0.05) is 20.6 Å². The Balaban J connectivity index is 1.80. The van der Waals surface area contributed by atoms with Crippen LogP contribution in [0.25, 0.3) is 11.0 Å². The van der Waals surface area contributed by atoms with Crippen LogP contribution in [0.5, 0.6) is 0 Å². The average molecular weight is 425 g/mol. The Morgan fingerprint density at radius 2 is 1.85 bits per heavy atom. The summed E-state index contributed by atoms with van der Waals surface area (Å²) in [5, 5.41) is 0. The van der Waals surface area contributed by atoms with E-state index in [0.29, 0.717) is 28.7 Å². The molecule has 1 aliphatic heterocycles. The van der Waals surface area contributed by atoms with E-state index in [1.165, 1.54) is 30.5 Å². The fourth-order valence-corrected chi connectivity index (χ4v) is 6.29. The maximum atomic E-state index is 13.2. The summed E-state index contributed by atoms with van der Waals surface area (Å²) in [7, 11) is -4.49. The lowest BCUT2D eigenvalue weighted by atomic mass is 10.2. The van der Waals surface area contributed by atoms with Crippen molar-refractivity contribution in [3.8, 4) is 0 Å². The van der Waals surface area contributed by atoms with E-state index >= 15 is 0 Å². The molecule has 11 heteroatoms. The van der Waals surface area contributed by atoms with Crippen molar-refractivity contribution in [3.63, 3.8) is 0 Å². The van der Waals surface area contributed by atoms with Gasteiger partial charge in [0.2, 0.25) is 10.0 Å². The maximum absolute atomic E-state index is 13.2. The second kappa shape index (κ2) is 6.23. The Kier molecular flexibility index (Phi) is 4.22. The van der Waals surface area contributed by atoms with Gasteiger partial charge in [0.05, 0.1) is 22.3 Å². The lowest BCUT2D eigenvalue weighted by Gasteiger charge is -2.20. The minimum atomic E-state index is -3.84. The maximum Gasteiger partial charge on any atom is 0.266 e. The van der Waals surface area contributed by atoms with Crippen LogP contribution in [-0.2, 0) is 26.5 Å². The topological polar surface area (TPSA) is 101 Å². The van der Waals surface area contributed by atoms with Gasteiger partial charge in [0.15, 0.2) is 0 Å². The highest BCUT2D eigenvalue weighted by atomic mass is 32.2. The molecule has 0 spiro atoms. The molecule has 0 fully saturated rings. The Labute approximate surface area is 161 Å². The zero-order valence-corrected chi connectivity index (χ0v) is 17.0. The summed E-state index contributed by atoms with van der Waals surface area (Å²) in [6.45, 7) is 0.247. The number of rotatable bonds is 4. The van der Waals surface area contributed by atoms with Crippen LogP contribution in [0.3, 0.4) is 0 Å². The second-order valence-corrected chi connectivity index (χ2v) is 10.8. The van der Waals surface area contributed by atoms with Crippen molar-refractivity contribution in [2.24, 2.45) is 0 Å². The minimum absolute atomic E-state index is 0.103. The lowest BCUT2D eigenvalue weighted by molar-refractivity contribution is 0.520. The Hall–Kier alpha value is -2.08. The van der Waals surface area contributed by atoms with E-state index in [1.807, 2.05) is 0 Å². The third kappa shape index (κ3) is 2.81. The molecule has 8 nitrogen and oxygen atoms in total. The molecule has 0 saturated carbocycles. The largest absolute Gasteiger partial charge is 0.266 e. The second-order valence-electron chi connectivity index (χ2n) is 6.29. The van der Waals surface area contributed by atoms with Crippen LogP contribution in [-0.4, -0.2) is 50.5 Å². The van der Waals surface area contributed by atoms with Crippen LogP contribution in [0, 0.1) is 0 Å². The van der Waals surface area contributed by atoms with Crippen molar-refractivity contribution in [2.75, 3.05) is 24.9 Å². The first-order valence-corrected chi connectivity index (χ1v) is 11.6. The monoisotopic (exact) mass is 424 g/mol. The van der Waals surface area contributed by atoms with Crippen molar-refractivity contribution < 1.29 is 16.8 Å². The zero-order chi connectivity index (χ0) is 19.4. The smallest absolute Gasteiger partial charge is 0.266 e. The zero-order valence-electron chi connectivity index (χ0n) is 14.5. The molecule has 4 rings (SSSR count). The molecule has 142 valence electrons. The van der Waals surface area contributed by atoms with Crippen molar-refractivity contribution in [3.05, 3.63) is 42.0 Å². The number of fused-ring (bicyclic) bond motifs is 2. The van der Waals surface area contributed by atoms with Crippen molar-refractivity contribution in [2.45, 2.75) is 16.2 Å². The van der Waals surface area contributed by atoms with Gasteiger partial charge >= 0.3 is 0 Å². The molecule has 0 bridgehead atoms. The van der Waals surface area contributed by atoms with Crippen LogP contribution in [0.4, 0.5) is 5.69 Å². The lowest BCUT2D eigenvalue weighted by Crippen LogP contribution is -2.29. The van der Waals surface area contributed by atoms with Gasteiger partial charge in [-0.25, -0.2) is 21.1 Å². The number of aromatic nitrogens is 2. The van der Waals surface area contributed by atoms with Crippen LogP contribution in [0.2, 0.25) is 0 Å². The predicted molar refractivity (Wildman–Crippen MR) is 103 cm³/mol. The molecule has 0 unspecified atom stereocenters. The molecular weight excluding hydrogens is 408 g/mol. The summed E-state index contributed by atoms with van der Waals surface area (Å²) in [6.07, 6.45) is 0.441. The number of anilines is 1. The van der Waals surface area contributed by atoms with E-state index < -0.39 is 20.0 Å². The SMILES string of the molecule is CN(C)S(=O)(=O)c1ccc2c(c1)CCN2S(=O)(=O)c1cccc2nsnc12. The van der Waals surface area contributed by atoms with E-state index in [9.17, 15) is 16.8 Å². The predicted octanol–water partition coefficient (Wildman–Crippen LogP) is 1.69. The third-order valence-corrected chi connectivity index (χ3v) is 8.70. The van der Waals surface area contributed by atoms with E-state index in [4.69, 9.17) is 0 Å². The highest BCUT2D eigenvalue weighted by molar-refractivity contribution is 7.93. The molecule has 0 radical (unpaired) electrons. The summed E-state index contributed by atoms with van der Waals surface area (Å²) < 4.78 is 61.8. The van der Waals surface area contributed by atoms with Crippen molar-refractivity contribution in [1.82, 2.24) is 13.1 Å². The highest BCUT2D eigenvalue weighted by Gasteiger charge is 2.33. The van der Waals surface area contributed by atoms with Gasteiger partial charge in [-0.2, -0.15) is 8.75 Å². The number of benzene rings is 2. The minimum Gasteiger partial charge on any atom is -0.266 e. The third-order valence-electron chi connectivity index (χ3n) is 4.50. The van der Waals surface area contributed by atoms with Gasteiger partial charge in [-0.1, -0.05) is 6.07 Å². The van der Waals surface area contributed by atoms with Gasteiger partial charge in [0.25, 0.3) is 10.0 Å². The summed E-state index contributed by atoms with van der Waals surface area (Å²) in [6, 6.07) is 9.41. The van der Waals surface area contributed by atoms with Gasteiger partial charge in [0.1, 0.15) is 15.9 Å². The highest BCUT2D eigenvalue weighted by Crippen LogP contribution is 2.36. The van der Waals surface area contributed by atoms with Gasteiger partial charge in [-0.15, -0.1) is 0 Å². The van der Waals surface area contributed by atoms with Crippen molar-refractivity contribution >= 4 is 48.5 Å². The van der Waals surface area contributed by atoms with E-state index in [-0.39, 0.29) is 16.3 Å². The molecule has 0 atom stereocenters. The fourth-order valence-electron chi connectivity index (χ4n) is 3.08. The van der Waals surface area contributed by atoms with Crippen LogP contribution >= 0.6 is 11.7 Å². The average Bonchev–Trinajstić information content (AvgIpc) is 3.27. The van der Waals surface area contributed by atoms with E-state index in [1.54, 1.807) is 24.3 Å². The van der Waals surface area contributed by atoms with Crippen LogP contribution < -0.4 is 4.31 Å². The summed E-state index contributed by atoms with van der Waals surface area (Å²) in [5.41, 5.74) is 2.06. The van der Waals surface area contributed by atoms with Crippen molar-refractivity contribution in [1.29, 1.82) is 0 Å². The standard InChI is InChI=1S/C16H16N4O4S3/c1-19(2)26(21,22)12-6-7-14-11(10-12)8-9-20(14)27(23,24)15-5-3-4-13-16(15)18-25-17-13/h3-7,10H,8-9H2,1-2H3. The summed E-state index contributed by atoms with van der Waals surface area (Å²) in [4.78, 5) is 0.253. The summed E-state index contributed by atoms with van der Waals surface area (Å²) >= 11 is 0.964. The van der Waals surface area contributed by atoms with Gasteiger partial charge in [-0.05, 0) is 42.3 Å². The first kappa shape index (κ1) is 18.3. The number of hydrogen-bond acceptors (Lipinski definition) is 7. The molecule has 27 heavy (non-hydrogen) atoms. The van der Waals surface area contributed by atoms with Crippen LogP contribution in [0.1, 0.15) is 5.56 Å². The Morgan fingerprint density at radius 3 is 2.59 bits per heavy atom. The normalized spacial score (nSPS) is 14.9. The molecule has 1 aromatic heterocycles. The molecule has 0 N–H and O–H groups in total. The van der Waals surface area contributed by atoms with E-state index in [2.05, 4.69) is 8.75 Å². The molecule has 2 aromatic carbocycles. The number of nitrogens with zero attached hydrogens (tertiary/aromatic N) is 4. The number of hydrogen-bond donors (Lipinski definition) is 0. The molecule has 3 aromatic rings. The molecule has 2 heterocycles. The first-order valence-electron chi connectivity index (χ1n) is 8.02. The molecule has 1 aliphatic rings. The summed E-state index contributed by atoms with van der Waals surface area (Å²) in [5.74, 6) is 0. The first-order chi connectivity index (χ1) is 12.7. The molecular formula is C16H16N4O4S3. The molecule has 0 saturated heterocycles. The van der Waals surface area contributed by atoms with Gasteiger partial charge in [-0.3, -0.25) is 4.31 Å². The Bertz CT molecular complexity index is 1250. The molecule has 0 aliphatic carbocycles. The fraction of sp³-hybridized carbons (Fsp3) is 0.250. The van der Waals surface area contributed by atoms with Gasteiger partial charge < -0.3 is 0 Å². The quantitative estimate of drug-likeness (QED) is 0.632. The Morgan fingerprint density at radius 1 is 1.07 bits per heavy atom. The number of sulfonamides is 2.